The van der Waals surface area contributed by atoms with E-state index < -0.39 is 0 Å². The van der Waals surface area contributed by atoms with Gasteiger partial charge in [0.15, 0.2) is 5.82 Å². The van der Waals surface area contributed by atoms with Crippen LogP contribution >= 0.6 is 0 Å². The Morgan fingerprint density at radius 3 is 1.62 bits per heavy atom. The minimum Gasteiger partial charge on any atom is -0.507 e. The molecular formula is C41H45N5O. The van der Waals surface area contributed by atoms with Gasteiger partial charge in [-0.2, -0.15) is 0 Å². The fraction of sp³-hybridized carbons (Fsp3) is 0.293. The Hall–Kier alpha value is -4.97. The SMILES string of the molecule is CC(C)c1cccc(C(C)C)c1-n1cnnc1-c1cccc(-c2cn(-c3c(C(C)C)cccc3C(C)C)c(-c3ccccc3O)n2)c1. The van der Waals surface area contributed by atoms with Gasteiger partial charge in [-0.1, -0.05) is 122 Å². The number of imidazole rings is 1. The summed E-state index contributed by atoms with van der Waals surface area (Å²) < 4.78 is 4.32. The molecule has 0 radical (unpaired) electrons. The summed E-state index contributed by atoms with van der Waals surface area (Å²) in [5.41, 5.74) is 10.7. The lowest BCUT2D eigenvalue weighted by atomic mass is 9.92. The predicted molar refractivity (Wildman–Crippen MR) is 193 cm³/mol. The van der Waals surface area contributed by atoms with Crippen molar-refractivity contribution in [1.82, 2.24) is 24.3 Å². The fourth-order valence-corrected chi connectivity index (χ4v) is 6.54. The first-order valence-electron chi connectivity index (χ1n) is 16.7. The Balaban J connectivity index is 1.55. The van der Waals surface area contributed by atoms with E-state index in [0.29, 0.717) is 35.1 Å². The monoisotopic (exact) mass is 623 g/mol. The molecule has 2 heterocycles. The van der Waals surface area contributed by atoms with Crippen molar-refractivity contribution in [3.8, 4) is 51.2 Å². The van der Waals surface area contributed by atoms with Gasteiger partial charge in [-0.3, -0.25) is 9.13 Å². The topological polar surface area (TPSA) is 68.8 Å². The summed E-state index contributed by atoms with van der Waals surface area (Å²) in [6, 6.07) is 28.9. The number of aromatic nitrogens is 5. The molecule has 0 atom stereocenters. The molecule has 0 aliphatic rings. The molecule has 240 valence electrons. The Morgan fingerprint density at radius 2 is 1.06 bits per heavy atom. The minimum atomic E-state index is 0.200. The van der Waals surface area contributed by atoms with Crippen molar-refractivity contribution < 1.29 is 5.11 Å². The normalized spacial score (nSPS) is 11.8. The van der Waals surface area contributed by atoms with E-state index in [4.69, 9.17) is 4.98 Å². The van der Waals surface area contributed by atoms with Crippen molar-refractivity contribution in [3.63, 3.8) is 0 Å². The zero-order valence-corrected chi connectivity index (χ0v) is 28.7. The van der Waals surface area contributed by atoms with E-state index >= 15 is 0 Å². The summed E-state index contributed by atoms with van der Waals surface area (Å²) in [4.78, 5) is 5.23. The van der Waals surface area contributed by atoms with E-state index in [0.717, 1.165) is 34.0 Å². The molecule has 0 aliphatic heterocycles. The molecular weight excluding hydrogens is 578 g/mol. The van der Waals surface area contributed by atoms with Crippen LogP contribution in [0.3, 0.4) is 0 Å². The predicted octanol–water partition coefficient (Wildman–Crippen LogP) is 10.7. The molecule has 0 unspecified atom stereocenters. The lowest BCUT2D eigenvalue weighted by Crippen LogP contribution is -2.08. The highest BCUT2D eigenvalue weighted by atomic mass is 16.3. The maximum absolute atomic E-state index is 11.0. The van der Waals surface area contributed by atoms with Gasteiger partial charge in [0.25, 0.3) is 0 Å². The van der Waals surface area contributed by atoms with E-state index in [1.807, 2.05) is 24.5 Å². The lowest BCUT2D eigenvalue weighted by Gasteiger charge is -2.22. The maximum atomic E-state index is 11.0. The number of rotatable bonds is 9. The molecule has 0 saturated carbocycles. The van der Waals surface area contributed by atoms with Crippen molar-refractivity contribution in [3.05, 3.63) is 120 Å². The van der Waals surface area contributed by atoms with Crippen LogP contribution < -0.4 is 0 Å². The van der Waals surface area contributed by atoms with E-state index in [1.165, 1.54) is 22.3 Å². The highest BCUT2D eigenvalue weighted by Crippen LogP contribution is 2.39. The summed E-state index contributed by atoms with van der Waals surface area (Å²) >= 11 is 0. The zero-order chi connectivity index (χ0) is 33.4. The van der Waals surface area contributed by atoms with Crippen LogP contribution in [0.1, 0.15) is 101 Å². The molecule has 0 spiro atoms. The van der Waals surface area contributed by atoms with Crippen molar-refractivity contribution in [2.45, 2.75) is 79.1 Å². The van der Waals surface area contributed by atoms with Crippen molar-refractivity contribution in [1.29, 1.82) is 0 Å². The minimum absolute atomic E-state index is 0.200. The number of hydrogen-bond donors (Lipinski definition) is 1. The smallest absolute Gasteiger partial charge is 0.168 e. The first-order chi connectivity index (χ1) is 22.6. The largest absolute Gasteiger partial charge is 0.507 e. The van der Waals surface area contributed by atoms with Gasteiger partial charge in [-0.15, -0.1) is 10.2 Å². The Kier molecular flexibility index (Phi) is 8.87. The van der Waals surface area contributed by atoms with Crippen LogP contribution in [0.25, 0.3) is 45.4 Å². The third-order valence-corrected chi connectivity index (χ3v) is 8.98. The zero-order valence-electron chi connectivity index (χ0n) is 28.7. The summed E-state index contributed by atoms with van der Waals surface area (Å²) in [5, 5.41) is 20.1. The number of hydrogen-bond acceptors (Lipinski definition) is 4. The van der Waals surface area contributed by atoms with E-state index in [1.54, 1.807) is 6.07 Å². The molecule has 0 aliphatic carbocycles. The average molecular weight is 624 g/mol. The molecule has 0 saturated heterocycles. The van der Waals surface area contributed by atoms with Gasteiger partial charge in [0.05, 0.1) is 22.6 Å². The Morgan fingerprint density at radius 1 is 0.553 bits per heavy atom. The molecule has 0 amide bonds. The van der Waals surface area contributed by atoms with Gasteiger partial charge in [-0.05, 0) is 64.1 Å². The molecule has 6 rings (SSSR count). The van der Waals surface area contributed by atoms with Gasteiger partial charge < -0.3 is 5.11 Å². The summed E-state index contributed by atoms with van der Waals surface area (Å²) in [6.45, 7) is 17.8. The number of aromatic hydroxyl groups is 1. The summed E-state index contributed by atoms with van der Waals surface area (Å²) in [7, 11) is 0. The second-order valence-electron chi connectivity index (χ2n) is 13.6. The first-order valence-corrected chi connectivity index (χ1v) is 16.7. The Labute approximate surface area is 278 Å². The summed E-state index contributed by atoms with van der Waals surface area (Å²) in [5.74, 6) is 2.96. The molecule has 6 aromatic rings. The van der Waals surface area contributed by atoms with E-state index in [2.05, 4.69) is 142 Å². The van der Waals surface area contributed by atoms with Gasteiger partial charge >= 0.3 is 0 Å². The molecule has 47 heavy (non-hydrogen) atoms. The molecule has 6 heteroatoms. The third-order valence-electron chi connectivity index (χ3n) is 8.98. The van der Waals surface area contributed by atoms with Crippen LogP contribution in [-0.2, 0) is 0 Å². The lowest BCUT2D eigenvalue weighted by molar-refractivity contribution is 0.477. The Bertz CT molecular complexity index is 1980. The van der Waals surface area contributed by atoms with Gasteiger partial charge in [0, 0.05) is 17.3 Å². The number of phenols is 1. The van der Waals surface area contributed by atoms with E-state index in [-0.39, 0.29) is 5.75 Å². The van der Waals surface area contributed by atoms with E-state index in [9.17, 15) is 5.11 Å². The molecule has 6 nitrogen and oxygen atoms in total. The van der Waals surface area contributed by atoms with Crippen LogP contribution in [0.2, 0.25) is 0 Å². The number of phenolic OH excluding ortho intramolecular Hbond substituents is 1. The van der Waals surface area contributed by atoms with Gasteiger partial charge in [0.1, 0.15) is 17.9 Å². The first kappa shape index (κ1) is 32.0. The van der Waals surface area contributed by atoms with Crippen LogP contribution in [0.4, 0.5) is 0 Å². The molecule has 0 fully saturated rings. The second-order valence-corrected chi connectivity index (χ2v) is 13.6. The number of benzene rings is 4. The van der Waals surface area contributed by atoms with Crippen LogP contribution in [-0.4, -0.2) is 29.4 Å². The molecule has 1 N–H and O–H groups in total. The van der Waals surface area contributed by atoms with Crippen LogP contribution in [0, 0.1) is 0 Å². The fourth-order valence-electron chi connectivity index (χ4n) is 6.54. The van der Waals surface area contributed by atoms with Crippen molar-refractivity contribution >= 4 is 0 Å². The van der Waals surface area contributed by atoms with Gasteiger partial charge in [0.2, 0.25) is 0 Å². The van der Waals surface area contributed by atoms with Gasteiger partial charge in [-0.25, -0.2) is 4.98 Å². The quantitative estimate of drug-likeness (QED) is 0.174. The van der Waals surface area contributed by atoms with Crippen LogP contribution in [0.15, 0.2) is 97.5 Å². The standard InChI is InChI=1S/C41H45N5O/c1-25(2)31-17-12-18-32(26(3)4)38(31)45-23-36(43-41(45)35-16-9-10-21-37(35)47)29-14-11-15-30(22-29)40-44-42-24-46(40)39-33(27(5)6)19-13-20-34(39)28(7)8/h9-28,47H,1-8H3. The summed E-state index contributed by atoms with van der Waals surface area (Å²) in [6.07, 6.45) is 3.94. The third kappa shape index (κ3) is 6.00. The number of nitrogens with zero attached hydrogens (tertiary/aromatic N) is 5. The molecule has 2 aromatic heterocycles. The van der Waals surface area contributed by atoms with Crippen LogP contribution in [0.5, 0.6) is 5.75 Å². The molecule has 4 aromatic carbocycles. The highest BCUT2D eigenvalue weighted by Gasteiger charge is 2.23. The van der Waals surface area contributed by atoms with Crippen molar-refractivity contribution in [2.24, 2.45) is 0 Å². The molecule has 0 bridgehead atoms. The maximum Gasteiger partial charge on any atom is 0.168 e. The second kappa shape index (κ2) is 13.0. The van der Waals surface area contributed by atoms with Crippen molar-refractivity contribution in [2.75, 3.05) is 0 Å². The highest BCUT2D eigenvalue weighted by molar-refractivity contribution is 5.75. The number of para-hydroxylation sites is 3. The average Bonchev–Trinajstić information content (AvgIpc) is 3.72.